The molecule has 3 rings (SSSR count). The highest BCUT2D eigenvalue weighted by Gasteiger charge is 2.25. The Kier molecular flexibility index (Phi) is 5.36. The molecule has 0 spiro atoms. The molecule has 1 aromatic carbocycles. The summed E-state index contributed by atoms with van der Waals surface area (Å²) in [4.78, 5) is 0. The summed E-state index contributed by atoms with van der Waals surface area (Å²) in [5.41, 5.74) is 2.08. The van der Waals surface area contributed by atoms with E-state index in [4.69, 9.17) is 16.3 Å². The van der Waals surface area contributed by atoms with Crippen molar-refractivity contribution in [1.82, 2.24) is 9.78 Å². The highest BCUT2D eigenvalue weighted by atomic mass is 35.5. The molecule has 2 aromatic rings. The Morgan fingerprint density at radius 2 is 2.24 bits per heavy atom. The summed E-state index contributed by atoms with van der Waals surface area (Å²) in [5, 5.41) is 4.96. The minimum absolute atomic E-state index is 0.0348. The summed E-state index contributed by atoms with van der Waals surface area (Å²) < 4.78 is 34.8. The van der Waals surface area contributed by atoms with E-state index in [0.717, 1.165) is 24.2 Å². The number of nitrogens with zero attached hydrogens (tertiary/aromatic N) is 2. The van der Waals surface area contributed by atoms with Crippen LogP contribution in [-0.4, -0.2) is 36.7 Å². The van der Waals surface area contributed by atoms with Gasteiger partial charge >= 0.3 is 0 Å². The van der Waals surface area contributed by atoms with Crippen LogP contribution in [-0.2, 0) is 14.8 Å². The van der Waals surface area contributed by atoms with Gasteiger partial charge in [0, 0.05) is 11.6 Å². The van der Waals surface area contributed by atoms with Gasteiger partial charge < -0.3 is 4.74 Å². The fraction of sp³-hybridized carbons (Fsp3) is 0.471. The predicted molar refractivity (Wildman–Crippen MR) is 99.0 cm³/mol. The van der Waals surface area contributed by atoms with E-state index in [0.29, 0.717) is 17.3 Å². The Hall–Kier alpha value is -1.57. The van der Waals surface area contributed by atoms with Crippen molar-refractivity contribution in [1.29, 1.82) is 0 Å². The standard InChI is InChI=1S/C17H22ClN3O3S/c1-12(2)17-16(20-25(22,23)11-15-7-4-8-24-15)10-19-21(17)14-6-3-5-13(18)9-14/h3,5-6,9-10,12,15,20H,4,7-8,11H2,1-2H3/t15-/m1/s1. The number of anilines is 1. The Bertz CT molecular complexity index is 843. The van der Waals surface area contributed by atoms with E-state index in [1.54, 1.807) is 23.0 Å². The molecule has 8 heteroatoms. The maximum absolute atomic E-state index is 12.5. The maximum Gasteiger partial charge on any atom is 0.235 e. The highest BCUT2D eigenvalue weighted by molar-refractivity contribution is 7.92. The number of hydrogen-bond acceptors (Lipinski definition) is 4. The molecule has 1 aliphatic heterocycles. The first kappa shape index (κ1) is 18.2. The maximum atomic E-state index is 12.5. The summed E-state index contributed by atoms with van der Waals surface area (Å²) in [7, 11) is -3.51. The molecule has 0 unspecified atom stereocenters. The molecule has 1 atom stereocenters. The molecular weight excluding hydrogens is 362 g/mol. The van der Waals surface area contributed by atoms with Crippen LogP contribution in [0.2, 0.25) is 5.02 Å². The largest absolute Gasteiger partial charge is 0.377 e. The van der Waals surface area contributed by atoms with Gasteiger partial charge in [0.1, 0.15) is 0 Å². The van der Waals surface area contributed by atoms with E-state index in [2.05, 4.69) is 9.82 Å². The van der Waals surface area contributed by atoms with Crippen LogP contribution < -0.4 is 4.72 Å². The van der Waals surface area contributed by atoms with E-state index in [1.807, 2.05) is 26.0 Å². The molecule has 6 nitrogen and oxygen atoms in total. The van der Waals surface area contributed by atoms with E-state index < -0.39 is 10.0 Å². The topological polar surface area (TPSA) is 73.2 Å². The lowest BCUT2D eigenvalue weighted by molar-refractivity contribution is 0.127. The van der Waals surface area contributed by atoms with Gasteiger partial charge in [-0.1, -0.05) is 31.5 Å². The zero-order chi connectivity index (χ0) is 18.0. The zero-order valence-electron chi connectivity index (χ0n) is 14.3. The van der Waals surface area contributed by atoms with E-state index in [-0.39, 0.29) is 17.8 Å². The second kappa shape index (κ2) is 7.35. The molecule has 2 heterocycles. The number of rotatable bonds is 6. The Balaban J connectivity index is 1.89. The molecule has 1 aliphatic rings. The number of ether oxygens (including phenoxy) is 1. The van der Waals surface area contributed by atoms with Gasteiger partial charge in [0.15, 0.2) is 0 Å². The van der Waals surface area contributed by atoms with Gasteiger partial charge in [-0.25, -0.2) is 13.1 Å². The first-order valence-electron chi connectivity index (χ1n) is 8.31. The van der Waals surface area contributed by atoms with Gasteiger partial charge in [-0.05, 0) is 37.0 Å². The summed E-state index contributed by atoms with van der Waals surface area (Å²) in [5.74, 6) is 0.0364. The van der Waals surface area contributed by atoms with Crippen molar-refractivity contribution >= 4 is 27.3 Å². The first-order chi connectivity index (χ1) is 11.9. The third-order valence-corrected chi connectivity index (χ3v) is 5.68. The van der Waals surface area contributed by atoms with Crippen molar-refractivity contribution in [3.05, 3.63) is 41.2 Å². The van der Waals surface area contributed by atoms with Gasteiger partial charge in [-0.15, -0.1) is 0 Å². The predicted octanol–water partition coefficient (Wildman–Crippen LogP) is 3.57. The van der Waals surface area contributed by atoms with Crippen molar-refractivity contribution in [3.63, 3.8) is 0 Å². The van der Waals surface area contributed by atoms with Gasteiger partial charge in [0.05, 0.1) is 35.1 Å². The molecule has 0 amide bonds. The molecule has 0 radical (unpaired) electrons. The number of hydrogen-bond donors (Lipinski definition) is 1. The molecule has 0 saturated carbocycles. The summed E-state index contributed by atoms with van der Waals surface area (Å²) in [6.07, 6.45) is 3.00. The molecule has 1 aromatic heterocycles. The van der Waals surface area contributed by atoms with Crippen LogP contribution in [0.25, 0.3) is 5.69 Å². The van der Waals surface area contributed by atoms with Crippen molar-refractivity contribution < 1.29 is 13.2 Å². The van der Waals surface area contributed by atoms with E-state index in [9.17, 15) is 8.42 Å². The third-order valence-electron chi connectivity index (χ3n) is 4.10. The second-order valence-corrected chi connectivity index (χ2v) is 8.71. The third kappa shape index (κ3) is 4.34. The van der Waals surface area contributed by atoms with E-state index >= 15 is 0 Å². The molecule has 1 N–H and O–H groups in total. The lowest BCUT2D eigenvalue weighted by atomic mass is 10.1. The minimum Gasteiger partial charge on any atom is -0.377 e. The van der Waals surface area contributed by atoms with Crippen LogP contribution in [0.3, 0.4) is 0 Å². The molecule has 1 fully saturated rings. The lowest BCUT2D eigenvalue weighted by Crippen LogP contribution is -2.26. The van der Waals surface area contributed by atoms with Crippen LogP contribution in [0.5, 0.6) is 0 Å². The van der Waals surface area contributed by atoms with Gasteiger partial charge in [-0.2, -0.15) is 5.10 Å². The molecular formula is C17H22ClN3O3S. The van der Waals surface area contributed by atoms with Crippen molar-refractivity contribution in [2.45, 2.75) is 38.7 Å². The van der Waals surface area contributed by atoms with Crippen LogP contribution >= 0.6 is 11.6 Å². The first-order valence-corrected chi connectivity index (χ1v) is 10.3. The SMILES string of the molecule is CC(C)c1c(NS(=O)(=O)C[C@H]2CCCO2)cnn1-c1cccc(Cl)c1. The highest BCUT2D eigenvalue weighted by Crippen LogP contribution is 2.29. The fourth-order valence-electron chi connectivity index (χ4n) is 3.04. The van der Waals surface area contributed by atoms with Crippen LogP contribution in [0.4, 0.5) is 5.69 Å². The number of benzene rings is 1. The van der Waals surface area contributed by atoms with Crippen LogP contribution in [0, 0.1) is 0 Å². The number of nitrogens with one attached hydrogen (secondary N) is 1. The number of aromatic nitrogens is 2. The smallest absolute Gasteiger partial charge is 0.235 e. The van der Waals surface area contributed by atoms with Gasteiger partial charge in [0.25, 0.3) is 0 Å². The lowest BCUT2D eigenvalue weighted by Gasteiger charge is -2.15. The Labute approximate surface area is 153 Å². The fourth-order valence-corrected chi connectivity index (χ4v) is 4.55. The molecule has 0 aliphatic carbocycles. The average Bonchev–Trinajstić information content (AvgIpc) is 3.16. The molecule has 0 bridgehead atoms. The Morgan fingerprint density at radius 1 is 1.44 bits per heavy atom. The van der Waals surface area contributed by atoms with Gasteiger partial charge in [-0.3, -0.25) is 4.72 Å². The second-order valence-electron chi connectivity index (χ2n) is 6.51. The number of sulfonamides is 1. The normalized spacial score (nSPS) is 18.0. The summed E-state index contributed by atoms with van der Waals surface area (Å²) in [6, 6.07) is 7.31. The van der Waals surface area contributed by atoms with E-state index in [1.165, 1.54) is 0 Å². The van der Waals surface area contributed by atoms with Crippen LogP contribution in [0.15, 0.2) is 30.5 Å². The number of halogens is 1. The van der Waals surface area contributed by atoms with Crippen LogP contribution in [0.1, 0.15) is 38.3 Å². The molecule has 1 saturated heterocycles. The average molecular weight is 384 g/mol. The summed E-state index contributed by atoms with van der Waals surface area (Å²) >= 11 is 6.07. The van der Waals surface area contributed by atoms with Crippen molar-refractivity contribution in [2.75, 3.05) is 17.1 Å². The Morgan fingerprint density at radius 3 is 2.88 bits per heavy atom. The molecule has 25 heavy (non-hydrogen) atoms. The zero-order valence-corrected chi connectivity index (χ0v) is 15.8. The molecule has 136 valence electrons. The summed E-state index contributed by atoms with van der Waals surface area (Å²) in [6.45, 7) is 4.62. The quantitative estimate of drug-likeness (QED) is 0.827. The van der Waals surface area contributed by atoms with Crippen molar-refractivity contribution in [3.8, 4) is 5.69 Å². The van der Waals surface area contributed by atoms with Gasteiger partial charge in [0.2, 0.25) is 10.0 Å². The van der Waals surface area contributed by atoms with Crippen molar-refractivity contribution in [2.24, 2.45) is 0 Å². The minimum atomic E-state index is -3.51. The monoisotopic (exact) mass is 383 g/mol.